The zero-order valence-electron chi connectivity index (χ0n) is 16.5. The van der Waals surface area contributed by atoms with E-state index in [-0.39, 0.29) is 25.0 Å². The number of hydrogen-bond acceptors (Lipinski definition) is 9. The summed E-state index contributed by atoms with van der Waals surface area (Å²) in [6.45, 7) is -0.869. The van der Waals surface area contributed by atoms with Crippen LogP contribution in [0.15, 0.2) is 0 Å². The second kappa shape index (κ2) is 14.9. The maximum absolute atomic E-state index is 12.7. The summed E-state index contributed by atoms with van der Waals surface area (Å²) in [6.07, 6.45) is 1.57. The molecule has 0 saturated heterocycles. The number of carboxylic acid groups (broad SMARTS) is 1. The third-order valence-corrected chi connectivity index (χ3v) is 4.92. The van der Waals surface area contributed by atoms with Crippen molar-refractivity contribution >= 4 is 54.0 Å². The normalized spacial score (nSPS) is 14.7. The fourth-order valence-electron chi connectivity index (χ4n) is 2.15. The Balaban J connectivity index is 5.38. The molecule has 9 N–H and O–H groups in total. The molecule has 4 amide bonds. The first kappa shape index (κ1) is 28.0. The van der Waals surface area contributed by atoms with E-state index < -0.39 is 60.4 Å². The van der Waals surface area contributed by atoms with Gasteiger partial charge in [-0.2, -0.15) is 24.4 Å². The lowest BCUT2D eigenvalue weighted by atomic mass is 10.1. The summed E-state index contributed by atoms with van der Waals surface area (Å²) in [4.78, 5) is 59.2. The molecule has 14 heteroatoms. The van der Waals surface area contributed by atoms with Gasteiger partial charge in [-0.05, 0) is 24.9 Å². The molecule has 172 valence electrons. The van der Waals surface area contributed by atoms with Gasteiger partial charge < -0.3 is 37.6 Å². The first-order valence-corrected chi connectivity index (χ1v) is 11.0. The van der Waals surface area contributed by atoms with Gasteiger partial charge in [0.25, 0.3) is 0 Å². The molecule has 0 aromatic carbocycles. The molecule has 0 rings (SSSR count). The number of carboxylic acids is 1. The monoisotopic (exact) mass is 467 g/mol. The number of rotatable bonds is 15. The van der Waals surface area contributed by atoms with Gasteiger partial charge in [0.05, 0.1) is 12.6 Å². The predicted octanol–water partition coefficient (Wildman–Crippen LogP) is -3.21. The largest absolute Gasteiger partial charge is 0.480 e. The van der Waals surface area contributed by atoms with Gasteiger partial charge in [-0.25, -0.2) is 4.79 Å². The number of nitrogens with one attached hydrogen (secondary N) is 3. The molecule has 0 bridgehead atoms. The Morgan fingerprint density at radius 1 is 0.967 bits per heavy atom. The number of nitrogens with two attached hydrogens (primary N) is 2. The van der Waals surface area contributed by atoms with Crippen LogP contribution in [0.4, 0.5) is 0 Å². The Kier molecular flexibility index (Phi) is 13.9. The molecule has 0 fully saturated rings. The van der Waals surface area contributed by atoms with Crippen molar-refractivity contribution in [1.29, 1.82) is 0 Å². The van der Waals surface area contributed by atoms with Gasteiger partial charge in [0.15, 0.2) is 0 Å². The highest BCUT2D eigenvalue weighted by molar-refractivity contribution is 7.98. The molecule has 0 radical (unpaired) electrons. The van der Waals surface area contributed by atoms with Crippen molar-refractivity contribution in [2.75, 3.05) is 24.4 Å². The number of thiol groups is 1. The van der Waals surface area contributed by atoms with Crippen LogP contribution >= 0.6 is 24.4 Å². The Morgan fingerprint density at radius 3 is 1.90 bits per heavy atom. The number of aliphatic carboxylic acids is 1. The number of thioether (sulfide) groups is 1. The summed E-state index contributed by atoms with van der Waals surface area (Å²) < 4.78 is 0. The van der Waals surface area contributed by atoms with Crippen LogP contribution in [-0.4, -0.2) is 88.3 Å². The van der Waals surface area contributed by atoms with Crippen molar-refractivity contribution in [1.82, 2.24) is 16.0 Å². The number of amides is 4. The first-order chi connectivity index (χ1) is 14.1. The van der Waals surface area contributed by atoms with Gasteiger partial charge in [0.2, 0.25) is 23.6 Å². The molecule has 4 atom stereocenters. The van der Waals surface area contributed by atoms with Crippen molar-refractivity contribution in [2.45, 2.75) is 43.4 Å². The van der Waals surface area contributed by atoms with Crippen molar-refractivity contribution in [3.8, 4) is 0 Å². The van der Waals surface area contributed by atoms with Gasteiger partial charge in [0.1, 0.15) is 18.1 Å². The standard InChI is InChI=1S/C16H29N5O7S2/c1-30-5-4-10(19-13(24)8(17)7-29)15(26)20-9(2-3-12(18)23)14(25)21-11(6-22)16(27)28/h8-11,22,29H,2-7,17H2,1H3,(H2,18,23)(H,19,24)(H,20,26)(H,21,25)(H,27,28). The molecular formula is C16H29N5O7S2. The average molecular weight is 468 g/mol. The quantitative estimate of drug-likeness (QED) is 0.114. The van der Waals surface area contributed by atoms with E-state index >= 15 is 0 Å². The molecule has 0 aromatic heterocycles. The van der Waals surface area contributed by atoms with E-state index in [1.54, 1.807) is 6.26 Å². The van der Waals surface area contributed by atoms with Crippen LogP contribution in [0.2, 0.25) is 0 Å². The lowest BCUT2D eigenvalue weighted by molar-refractivity contribution is -0.143. The van der Waals surface area contributed by atoms with Gasteiger partial charge in [-0.1, -0.05) is 0 Å². The molecule has 30 heavy (non-hydrogen) atoms. The molecule has 12 nitrogen and oxygen atoms in total. The van der Waals surface area contributed by atoms with E-state index in [0.29, 0.717) is 5.75 Å². The van der Waals surface area contributed by atoms with E-state index in [9.17, 15) is 24.0 Å². The smallest absolute Gasteiger partial charge is 0.328 e. The number of carbonyl (C=O) groups is 5. The number of primary amides is 1. The third kappa shape index (κ3) is 10.7. The van der Waals surface area contributed by atoms with Crippen LogP contribution in [0.1, 0.15) is 19.3 Å². The van der Waals surface area contributed by atoms with E-state index in [0.717, 1.165) is 0 Å². The third-order valence-electron chi connectivity index (χ3n) is 3.89. The first-order valence-electron chi connectivity index (χ1n) is 8.95. The molecule has 0 saturated carbocycles. The second-order valence-corrected chi connectivity index (χ2v) is 7.63. The molecule has 0 aliphatic heterocycles. The number of carbonyl (C=O) groups excluding carboxylic acids is 4. The lowest BCUT2D eigenvalue weighted by Gasteiger charge is -2.24. The highest BCUT2D eigenvalue weighted by Crippen LogP contribution is 2.05. The van der Waals surface area contributed by atoms with Gasteiger partial charge in [-0.15, -0.1) is 0 Å². The van der Waals surface area contributed by atoms with Gasteiger partial charge >= 0.3 is 5.97 Å². The van der Waals surface area contributed by atoms with Crippen molar-refractivity contribution in [3.63, 3.8) is 0 Å². The summed E-state index contributed by atoms with van der Waals surface area (Å²) >= 11 is 5.36. The van der Waals surface area contributed by atoms with Crippen molar-refractivity contribution in [2.24, 2.45) is 11.5 Å². The van der Waals surface area contributed by atoms with E-state index in [4.69, 9.17) is 21.7 Å². The highest BCUT2D eigenvalue weighted by atomic mass is 32.2. The SMILES string of the molecule is CSCCC(NC(=O)C(N)CS)C(=O)NC(CCC(N)=O)C(=O)NC(CO)C(=O)O. The highest BCUT2D eigenvalue weighted by Gasteiger charge is 2.30. The fraction of sp³-hybridized carbons (Fsp3) is 0.688. The van der Waals surface area contributed by atoms with Crippen LogP contribution in [-0.2, 0) is 24.0 Å². The number of aliphatic hydroxyl groups is 1. The second-order valence-electron chi connectivity index (χ2n) is 6.28. The van der Waals surface area contributed by atoms with Crippen molar-refractivity contribution in [3.05, 3.63) is 0 Å². The molecule has 0 heterocycles. The van der Waals surface area contributed by atoms with E-state index in [2.05, 4.69) is 28.6 Å². The zero-order valence-corrected chi connectivity index (χ0v) is 18.2. The molecule has 0 spiro atoms. The molecule has 4 unspecified atom stereocenters. The van der Waals surface area contributed by atoms with Crippen LogP contribution in [0, 0.1) is 0 Å². The minimum atomic E-state index is -1.59. The summed E-state index contributed by atoms with van der Waals surface area (Å²) in [5.74, 6) is -3.88. The summed E-state index contributed by atoms with van der Waals surface area (Å²) in [5.41, 5.74) is 10.7. The van der Waals surface area contributed by atoms with E-state index in [1.165, 1.54) is 11.8 Å². The molecule has 0 aliphatic carbocycles. The summed E-state index contributed by atoms with van der Waals surface area (Å²) in [6, 6.07) is -4.86. The Labute approximate surface area is 183 Å². The zero-order chi connectivity index (χ0) is 23.3. The van der Waals surface area contributed by atoms with Crippen LogP contribution < -0.4 is 27.4 Å². The topological polar surface area (TPSA) is 214 Å². The fourth-order valence-corrected chi connectivity index (χ4v) is 2.79. The van der Waals surface area contributed by atoms with Crippen LogP contribution in [0.5, 0.6) is 0 Å². The number of aliphatic hydroxyl groups excluding tert-OH is 1. The summed E-state index contributed by atoms with van der Waals surface area (Å²) in [5, 5.41) is 25.0. The van der Waals surface area contributed by atoms with E-state index in [1.807, 2.05) is 0 Å². The average Bonchev–Trinajstić information content (AvgIpc) is 2.70. The molecular weight excluding hydrogens is 438 g/mol. The van der Waals surface area contributed by atoms with Crippen LogP contribution in [0.3, 0.4) is 0 Å². The Bertz CT molecular complexity index is 623. The maximum atomic E-state index is 12.7. The Morgan fingerprint density at radius 2 is 1.47 bits per heavy atom. The van der Waals surface area contributed by atoms with Crippen molar-refractivity contribution < 1.29 is 34.2 Å². The lowest BCUT2D eigenvalue weighted by Crippen LogP contribution is -2.57. The maximum Gasteiger partial charge on any atom is 0.328 e. The Hall–Kier alpha value is -2.03. The minimum Gasteiger partial charge on any atom is -0.480 e. The number of hydrogen-bond donors (Lipinski definition) is 8. The summed E-state index contributed by atoms with van der Waals surface area (Å²) in [7, 11) is 0. The molecule has 0 aromatic rings. The van der Waals surface area contributed by atoms with Crippen LogP contribution in [0.25, 0.3) is 0 Å². The molecule has 0 aliphatic rings. The van der Waals surface area contributed by atoms with Gasteiger partial charge in [-0.3, -0.25) is 19.2 Å². The minimum absolute atomic E-state index is 0.0596. The predicted molar refractivity (Wildman–Crippen MR) is 114 cm³/mol. The van der Waals surface area contributed by atoms with Gasteiger partial charge in [0, 0.05) is 12.2 Å².